The fourth-order valence-electron chi connectivity index (χ4n) is 1.30. The van der Waals surface area contributed by atoms with Crippen molar-refractivity contribution in [2.75, 3.05) is 23.8 Å². The molecule has 2 atom stereocenters. The molecule has 0 aromatic rings. The van der Waals surface area contributed by atoms with Crippen molar-refractivity contribution in [1.29, 1.82) is 0 Å². The fourth-order valence-corrected chi connectivity index (χ4v) is 4.20. The monoisotopic (exact) mass is 205 g/mol. The minimum absolute atomic E-state index is 0.697. The molecular formula is C9H19NS2. The van der Waals surface area contributed by atoms with Gasteiger partial charge in [-0.15, -0.1) is 0 Å². The molecule has 12 heavy (non-hydrogen) atoms. The Morgan fingerprint density at radius 3 is 2.92 bits per heavy atom. The summed E-state index contributed by atoms with van der Waals surface area (Å²) in [5.74, 6) is 4.03. The van der Waals surface area contributed by atoms with E-state index in [1.807, 2.05) is 0 Å². The number of rotatable bonds is 4. The Balaban J connectivity index is 2.15. The van der Waals surface area contributed by atoms with E-state index in [9.17, 15) is 0 Å². The van der Waals surface area contributed by atoms with Gasteiger partial charge in [-0.05, 0) is 19.9 Å². The SMILES string of the molecule is CCCNC(C)C1CSCCS1. The van der Waals surface area contributed by atoms with E-state index in [1.54, 1.807) is 0 Å². The third kappa shape index (κ3) is 3.58. The molecule has 1 saturated heterocycles. The predicted octanol–water partition coefficient (Wildman–Crippen LogP) is 2.22. The predicted molar refractivity (Wildman–Crippen MR) is 61.3 cm³/mol. The summed E-state index contributed by atoms with van der Waals surface area (Å²) in [6.07, 6.45) is 1.24. The van der Waals surface area contributed by atoms with Gasteiger partial charge in [-0.2, -0.15) is 23.5 Å². The first-order valence-electron chi connectivity index (χ1n) is 4.77. The summed E-state index contributed by atoms with van der Waals surface area (Å²) in [6, 6.07) is 0.697. The highest BCUT2D eigenvalue weighted by Crippen LogP contribution is 2.26. The first-order valence-corrected chi connectivity index (χ1v) is 6.97. The van der Waals surface area contributed by atoms with Gasteiger partial charge in [-0.25, -0.2) is 0 Å². The second kappa shape index (κ2) is 6.17. The van der Waals surface area contributed by atoms with E-state index in [4.69, 9.17) is 0 Å². The lowest BCUT2D eigenvalue weighted by atomic mass is 10.2. The second-order valence-electron chi connectivity index (χ2n) is 3.23. The minimum atomic E-state index is 0.697. The van der Waals surface area contributed by atoms with Crippen molar-refractivity contribution in [3.05, 3.63) is 0 Å². The van der Waals surface area contributed by atoms with E-state index in [0.717, 1.165) is 5.25 Å². The Bertz CT molecular complexity index is 113. The summed E-state index contributed by atoms with van der Waals surface area (Å²) in [5.41, 5.74) is 0. The van der Waals surface area contributed by atoms with Crippen LogP contribution in [0.4, 0.5) is 0 Å². The van der Waals surface area contributed by atoms with Gasteiger partial charge in [-0.3, -0.25) is 0 Å². The van der Waals surface area contributed by atoms with Gasteiger partial charge in [0.25, 0.3) is 0 Å². The van der Waals surface area contributed by atoms with E-state index in [0.29, 0.717) is 6.04 Å². The average Bonchev–Trinajstić information content (AvgIpc) is 2.15. The molecule has 1 heterocycles. The lowest BCUT2D eigenvalue weighted by molar-refractivity contribution is 0.544. The Morgan fingerprint density at radius 2 is 2.33 bits per heavy atom. The van der Waals surface area contributed by atoms with Crippen LogP contribution in [0.1, 0.15) is 20.3 Å². The highest BCUT2D eigenvalue weighted by atomic mass is 32.2. The molecule has 0 bridgehead atoms. The molecule has 0 radical (unpaired) electrons. The molecule has 1 nitrogen and oxygen atoms in total. The molecular weight excluding hydrogens is 186 g/mol. The normalized spacial score (nSPS) is 27.0. The van der Waals surface area contributed by atoms with E-state index >= 15 is 0 Å². The zero-order chi connectivity index (χ0) is 8.81. The standard InChI is InChI=1S/C9H19NS2/c1-3-4-10-8(2)9-7-11-5-6-12-9/h8-10H,3-7H2,1-2H3. The van der Waals surface area contributed by atoms with Crippen molar-refractivity contribution < 1.29 is 0 Å². The van der Waals surface area contributed by atoms with Gasteiger partial charge in [0, 0.05) is 28.6 Å². The van der Waals surface area contributed by atoms with E-state index < -0.39 is 0 Å². The van der Waals surface area contributed by atoms with Crippen LogP contribution >= 0.6 is 23.5 Å². The zero-order valence-corrected chi connectivity index (χ0v) is 9.64. The van der Waals surface area contributed by atoms with Crippen LogP contribution in [-0.4, -0.2) is 35.1 Å². The lowest BCUT2D eigenvalue weighted by Crippen LogP contribution is -2.38. The molecule has 1 aliphatic heterocycles. The number of hydrogen-bond donors (Lipinski definition) is 1. The molecule has 1 rings (SSSR count). The summed E-state index contributed by atoms with van der Waals surface area (Å²) < 4.78 is 0. The van der Waals surface area contributed by atoms with Gasteiger partial charge < -0.3 is 5.32 Å². The van der Waals surface area contributed by atoms with Gasteiger partial charge >= 0.3 is 0 Å². The lowest BCUT2D eigenvalue weighted by Gasteiger charge is -2.27. The third-order valence-corrected chi connectivity index (χ3v) is 5.12. The van der Waals surface area contributed by atoms with Crippen LogP contribution in [0.3, 0.4) is 0 Å². The van der Waals surface area contributed by atoms with Gasteiger partial charge in [0.05, 0.1) is 0 Å². The molecule has 72 valence electrons. The van der Waals surface area contributed by atoms with Crippen LogP contribution in [0.5, 0.6) is 0 Å². The highest BCUT2D eigenvalue weighted by Gasteiger charge is 2.19. The maximum absolute atomic E-state index is 3.57. The maximum Gasteiger partial charge on any atom is 0.0289 e. The molecule has 1 fully saturated rings. The zero-order valence-electron chi connectivity index (χ0n) is 8.01. The molecule has 2 unspecified atom stereocenters. The molecule has 0 aliphatic carbocycles. The number of thioether (sulfide) groups is 2. The molecule has 0 saturated carbocycles. The van der Waals surface area contributed by atoms with Gasteiger partial charge in [0.2, 0.25) is 0 Å². The summed E-state index contributed by atoms with van der Waals surface area (Å²) >= 11 is 4.24. The molecule has 0 aromatic carbocycles. The maximum atomic E-state index is 3.57. The van der Waals surface area contributed by atoms with Crippen LogP contribution in [0.25, 0.3) is 0 Å². The van der Waals surface area contributed by atoms with Gasteiger partial charge in [-0.1, -0.05) is 6.92 Å². The van der Waals surface area contributed by atoms with Gasteiger partial charge in [0.1, 0.15) is 0 Å². The first kappa shape index (κ1) is 10.7. The van der Waals surface area contributed by atoms with Crippen LogP contribution in [-0.2, 0) is 0 Å². The minimum Gasteiger partial charge on any atom is -0.313 e. The smallest absolute Gasteiger partial charge is 0.0289 e. The second-order valence-corrected chi connectivity index (χ2v) is 5.72. The fraction of sp³-hybridized carbons (Fsp3) is 1.00. The average molecular weight is 205 g/mol. The Hall–Kier alpha value is 0.660. The van der Waals surface area contributed by atoms with Crippen LogP contribution in [0.15, 0.2) is 0 Å². The highest BCUT2D eigenvalue weighted by molar-refractivity contribution is 8.06. The Kier molecular flexibility index (Phi) is 5.52. The van der Waals surface area contributed by atoms with Crippen molar-refractivity contribution in [3.63, 3.8) is 0 Å². The number of hydrogen-bond acceptors (Lipinski definition) is 3. The van der Waals surface area contributed by atoms with Gasteiger partial charge in [0.15, 0.2) is 0 Å². The molecule has 3 heteroatoms. The first-order chi connectivity index (χ1) is 5.84. The van der Waals surface area contributed by atoms with Crippen molar-refractivity contribution in [1.82, 2.24) is 5.32 Å². The topological polar surface area (TPSA) is 12.0 Å². The molecule has 0 spiro atoms. The van der Waals surface area contributed by atoms with Crippen molar-refractivity contribution in [3.8, 4) is 0 Å². The summed E-state index contributed by atoms with van der Waals surface area (Å²) in [4.78, 5) is 0. The van der Waals surface area contributed by atoms with E-state index in [-0.39, 0.29) is 0 Å². The van der Waals surface area contributed by atoms with Crippen LogP contribution in [0.2, 0.25) is 0 Å². The summed E-state index contributed by atoms with van der Waals surface area (Å²) in [5, 5.41) is 4.41. The van der Waals surface area contributed by atoms with E-state index in [2.05, 4.69) is 42.7 Å². The van der Waals surface area contributed by atoms with Crippen molar-refractivity contribution >= 4 is 23.5 Å². The Labute approximate surface area is 84.4 Å². The summed E-state index contributed by atoms with van der Waals surface area (Å²) in [7, 11) is 0. The van der Waals surface area contributed by atoms with E-state index in [1.165, 1.54) is 30.2 Å². The largest absolute Gasteiger partial charge is 0.313 e. The molecule has 0 aromatic heterocycles. The quantitative estimate of drug-likeness (QED) is 0.756. The molecule has 1 N–H and O–H groups in total. The van der Waals surface area contributed by atoms with Crippen molar-refractivity contribution in [2.24, 2.45) is 0 Å². The van der Waals surface area contributed by atoms with Crippen LogP contribution < -0.4 is 5.32 Å². The van der Waals surface area contributed by atoms with Crippen LogP contribution in [0, 0.1) is 0 Å². The molecule has 0 amide bonds. The Morgan fingerprint density at radius 1 is 1.50 bits per heavy atom. The third-order valence-electron chi connectivity index (χ3n) is 2.12. The molecule has 1 aliphatic rings. The van der Waals surface area contributed by atoms with Crippen molar-refractivity contribution in [2.45, 2.75) is 31.6 Å². The summed E-state index contributed by atoms with van der Waals surface area (Å²) in [6.45, 7) is 5.71. The number of nitrogens with one attached hydrogen (secondary N) is 1.